The van der Waals surface area contributed by atoms with Gasteiger partial charge in [0.25, 0.3) is 0 Å². The molecule has 0 saturated heterocycles. The highest BCUT2D eigenvalue weighted by Crippen LogP contribution is 2.23. The normalized spacial score (nSPS) is 22.1. The summed E-state index contributed by atoms with van der Waals surface area (Å²) in [6.45, 7) is 1.01. The number of hydrogen-bond donors (Lipinski definition) is 0. The molecule has 0 N–H and O–H groups in total. The van der Waals surface area contributed by atoms with Crippen molar-refractivity contribution in [2.24, 2.45) is 10.9 Å². The third-order valence-corrected chi connectivity index (χ3v) is 2.94. The Kier molecular flexibility index (Phi) is 3.37. The molecule has 0 aromatic carbocycles. The summed E-state index contributed by atoms with van der Waals surface area (Å²) >= 11 is 0. The summed E-state index contributed by atoms with van der Waals surface area (Å²) < 4.78 is 0. The van der Waals surface area contributed by atoms with Gasteiger partial charge in [-0.2, -0.15) is 0 Å². The Morgan fingerprint density at radius 1 is 1.36 bits per heavy atom. The minimum atomic E-state index is 0.843. The molecule has 0 aromatic heterocycles. The van der Waals surface area contributed by atoms with E-state index in [4.69, 9.17) is 0 Å². The zero-order valence-electron chi connectivity index (χ0n) is 8.58. The van der Waals surface area contributed by atoms with Gasteiger partial charge >= 0.3 is 0 Å². The van der Waals surface area contributed by atoms with E-state index in [0.29, 0.717) is 0 Å². The third-order valence-electron chi connectivity index (χ3n) is 2.94. The van der Waals surface area contributed by atoms with E-state index in [-0.39, 0.29) is 0 Å². The number of aliphatic imine (C=N–C) groups is 1. The van der Waals surface area contributed by atoms with Gasteiger partial charge < -0.3 is 0 Å². The van der Waals surface area contributed by atoms with Crippen molar-refractivity contribution in [2.45, 2.75) is 32.1 Å². The van der Waals surface area contributed by atoms with E-state index >= 15 is 0 Å². The number of hydrogen-bond acceptors (Lipinski definition) is 1. The molecule has 0 spiro atoms. The first kappa shape index (κ1) is 9.48. The van der Waals surface area contributed by atoms with Crippen molar-refractivity contribution in [3.05, 3.63) is 29.5 Å². The summed E-state index contributed by atoms with van der Waals surface area (Å²) in [5, 5.41) is 0. The van der Waals surface area contributed by atoms with Gasteiger partial charge in [-0.3, -0.25) is 4.99 Å². The predicted molar refractivity (Wildman–Crippen MR) is 60.7 cm³/mol. The van der Waals surface area contributed by atoms with Crippen LogP contribution in [0.3, 0.4) is 0 Å². The summed E-state index contributed by atoms with van der Waals surface area (Å²) in [6.07, 6.45) is 14.9. The zero-order valence-corrected chi connectivity index (χ0v) is 8.58. The summed E-state index contributed by atoms with van der Waals surface area (Å²) in [5.41, 5.74) is 4.24. The van der Waals surface area contributed by atoms with Crippen LogP contribution in [0, 0.1) is 5.92 Å². The second-order valence-electron chi connectivity index (χ2n) is 4.12. The van der Waals surface area contributed by atoms with Crippen molar-refractivity contribution in [3.63, 3.8) is 0 Å². The van der Waals surface area contributed by atoms with Crippen molar-refractivity contribution >= 4 is 6.21 Å². The fourth-order valence-electron chi connectivity index (χ4n) is 2.09. The Hall–Kier alpha value is -1.07. The van der Waals surface area contributed by atoms with Crippen LogP contribution in [0.5, 0.6) is 0 Å². The van der Waals surface area contributed by atoms with Crippen LogP contribution in [-0.2, 0) is 0 Å². The molecule has 1 nitrogen and oxygen atoms in total. The molecule has 0 atom stereocenters. The van der Waals surface area contributed by atoms with E-state index < -0.39 is 0 Å². The highest BCUT2D eigenvalue weighted by Gasteiger charge is 2.11. The van der Waals surface area contributed by atoms with E-state index in [1.54, 1.807) is 0 Å². The summed E-state index contributed by atoms with van der Waals surface area (Å²) in [4.78, 5) is 4.48. The fourth-order valence-corrected chi connectivity index (χ4v) is 2.09. The molecule has 0 amide bonds. The molecule has 1 fully saturated rings. The van der Waals surface area contributed by atoms with Gasteiger partial charge in [0.15, 0.2) is 0 Å². The van der Waals surface area contributed by atoms with Crippen LogP contribution in [-0.4, -0.2) is 12.8 Å². The van der Waals surface area contributed by atoms with Crippen LogP contribution >= 0.6 is 0 Å². The molecule has 74 valence electrons. The molecule has 0 radical (unpaired) electrons. The molecular weight excluding hydrogens is 170 g/mol. The SMILES string of the molecule is C1=CC=CC=1C=NCC1CCCCC1. The van der Waals surface area contributed by atoms with Crippen molar-refractivity contribution in [2.75, 3.05) is 6.54 Å². The Labute approximate surface area is 85.9 Å². The van der Waals surface area contributed by atoms with Crippen LogP contribution in [0.2, 0.25) is 0 Å². The maximum absolute atomic E-state index is 4.48. The second kappa shape index (κ2) is 4.97. The van der Waals surface area contributed by atoms with E-state index in [1.165, 1.54) is 32.1 Å². The lowest BCUT2D eigenvalue weighted by Crippen LogP contribution is -2.09. The van der Waals surface area contributed by atoms with Crippen LogP contribution < -0.4 is 0 Å². The van der Waals surface area contributed by atoms with Crippen LogP contribution in [0.1, 0.15) is 32.1 Å². The number of allylic oxidation sites excluding steroid dienone is 3. The molecule has 0 unspecified atom stereocenters. The molecule has 14 heavy (non-hydrogen) atoms. The monoisotopic (exact) mass is 187 g/mol. The van der Waals surface area contributed by atoms with Gasteiger partial charge in [0.1, 0.15) is 0 Å². The maximum Gasteiger partial charge on any atom is 0.0418 e. The largest absolute Gasteiger partial charge is 0.292 e. The Morgan fingerprint density at radius 2 is 2.21 bits per heavy atom. The van der Waals surface area contributed by atoms with Crippen LogP contribution in [0.4, 0.5) is 0 Å². The van der Waals surface area contributed by atoms with Gasteiger partial charge in [-0.05, 0) is 30.9 Å². The molecule has 2 aliphatic rings. The molecule has 2 aliphatic carbocycles. The van der Waals surface area contributed by atoms with Gasteiger partial charge in [0, 0.05) is 18.3 Å². The Morgan fingerprint density at radius 3 is 2.93 bits per heavy atom. The molecule has 0 heterocycles. The first-order valence-electron chi connectivity index (χ1n) is 5.58. The lowest BCUT2D eigenvalue weighted by atomic mass is 9.89. The first-order chi connectivity index (χ1) is 6.95. The highest BCUT2D eigenvalue weighted by molar-refractivity contribution is 5.83. The number of nitrogens with zero attached hydrogens (tertiary/aromatic N) is 1. The lowest BCUT2D eigenvalue weighted by Gasteiger charge is -2.19. The lowest BCUT2D eigenvalue weighted by molar-refractivity contribution is 0.367. The molecule has 0 aliphatic heterocycles. The van der Waals surface area contributed by atoms with Gasteiger partial charge in [-0.1, -0.05) is 25.3 Å². The van der Waals surface area contributed by atoms with Crippen LogP contribution in [0.25, 0.3) is 0 Å². The second-order valence-corrected chi connectivity index (χ2v) is 4.12. The van der Waals surface area contributed by atoms with Crippen molar-refractivity contribution in [1.82, 2.24) is 0 Å². The van der Waals surface area contributed by atoms with Crippen molar-refractivity contribution in [1.29, 1.82) is 0 Å². The molecular formula is C13H17N. The topological polar surface area (TPSA) is 12.4 Å². The third kappa shape index (κ3) is 2.71. The molecule has 1 heteroatoms. The summed E-state index contributed by atoms with van der Waals surface area (Å²) in [7, 11) is 0. The van der Waals surface area contributed by atoms with E-state index in [9.17, 15) is 0 Å². The van der Waals surface area contributed by atoms with Gasteiger partial charge in [0.05, 0.1) is 0 Å². The fraction of sp³-hybridized carbons (Fsp3) is 0.538. The van der Waals surface area contributed by atoms with Gasteiger partial charge in [0.2, 0.25) is 0 Å². The summed E-state index contributed by atoms with van der Waals surface area (Å²) in [6, 6.07) is 0. The quantitative estimate of drug-likeness (QED) is 0.475. The maximum atomic E-state index is 4.48. The standard InChI is InChI=1S/C13H17N/c1-2-6-12(7-3-1)10-14-11-13-8-4-5-9-13/h4-5,8,11-12H,1-3,6-7,10H2. The molecule has 2 rings (SSSR count). The van der Waals surface area contributed by atoms with Crippen LogP contribution in [0.15, 0.2) is 34.5 Å². The van der Waals surface area contributed by atoms with Gasteiger partial charge in [-0.15, -0.1) is 5.73 Å². The molecule has 0 bridgehead atoms. The minimum Gasteiger partial charge on any atom is -0.292 e. The van der Waals surface area contributed by atoms with Gasteiger partial charge in [-0.25, -0.2) is 0 Å². The van der Waals surface area contributed by atoms with E-state index in [0.717, 1.165) is 18.0 Å². The summed E-state index contributed by atoms with van der Waals surface area (Å²) in [5.74, 6) is 0.843. The predicted octanol–water partition coefficient (Wildman–Crippen LogP) is 3.29. The molecule has 1 saturated carbocycles. The number of rotatable bonds is 3. The Balaban J connectivity index is 1.75. The van der Waals surface area contributed by atoms with E-state index in [1.807, 2.05) is 24.4 Å². The average molecular weight is 187 g/mol. The van der Waals surface area contributed by atoms with E-state index in [2.05, 4.69) is 10.7 Å². The first-order valence-corrected chi connectivity index (χ1v) is 5.58. The zero-order chi connectivity index (χ0) is 9.64. The van der Waals surface area contributed by atoms with Crippen molar-refractivity contribution < 1.29 is 0 Å². The van der Waals surface area contributed by atoms with Crippen molar-refractivity contribution in [3.8, 4) is 0 Å². The Bertz CT molecular complexity index is 297. The average Bonchev–Trinajstić information content (AvgIpc) is 2.72. The minimum absolute atomic E-state index is 0.843. The molecule has 0 aromatic rings. The highest BCUT2D eigenvalue weighted by atomic mass is 14.7. The smallest absolute Gasteiger partial charge is 0.0418 e.